The molecule has 0 spiro atoms. The molecule has 0 saturated heterocycles. The maximum Gasteiger partial charge on any atom is 0.354 e. The van der Waals surface area contributed by atoms with Gasteiger partial charge in [0, 0.05) is 11.8 Å². The molecule has 1 aromatic carbocycles. The van der Waals surface area contributed by atoms with E-state index in [2.05, 4.69) is 4.98 Å². The molecule has 2 aromatic heterocycles. The van der Waals surface area contributed by atoms with Crippen molar-refractivity contribution < 1.29 is 14.6 Å². The molecule has 3 rings (SSSR count). The Morgan fingerprint density at radius 3 is 2.73 bits per heavy atom. The van der Waals surface area contributed by atoms with Crippen molar-refractivity contribution in [3.8, 4) is 11.4 Å². The van der Waals surface area contributed by atoms with Crippen molar-refractivity contribution in [3.63, 3.8) is 0 Å². The van der Waals surface area contributed by atoms with E-state index in [1.165, 1.54) is 17.9 Å². The number of ether oxygens (including phenoxy) is 1. The highest BCUT2D eigenvalue weighted by Gasteiger charge is 2.18. The standard InChI is InChI=1S/C15H13N3O4/c1-9-8-17(10-5-3-4-6-12(10)22-2)15(21)18-11(14(19)20)7-16-13(9)18/h3-8H,1-2H3,(H,19,20). The van der Waals surface area contributed by atoms with Crippen LogP contribution in [-0.4, -0.2) is 32.1 Å². The molecule has 3 aromatic rings. The maximum atomic E-state index is 12.7. The first-order valence-electron chi connectivity index (χ1n) is 6.51. The molecule has 0 radical (unpaired) electrons. The van der Waals surface area contributed by atoms with Crippen molar-refractivity contribution in [3.05, 3.63) is 58.4 Å². The van der Waals surface area contributed by atoms with E-state index in [4.69, 9.17) is 4.74 Å². The lowest BCUT2D eigenvalue weighted by molar-refractivity contribution is 0.0688. The van der Waals surface area contributed by atoms with Crippen LogP contribution in [0.3, 0.4) is 0 Å². The number of fused-ring (bicyclic) bond motifs is 1. The van der Waals surface area contributed by atoms with Gasteiger partial charge in [-0.15, -0.1) is 0 Å². The fraction of sp³-hybridized carbons (Fsp3) is 0.133. The number of nitrogens with zero attached hydrogens (tertiary/aromatic N) is 3. The number of aromatic nitrogens is 3. The lowest BCUT2D eigenvalue weighted by atomic mass is 10.2. The highest BCUT2D eigenvalue weighted by atomic mass is 16.5. The van der Waals surface area contributed by atoms with Gasteiger partial charge < -0.3 is 9.84 Å². The van der Waals surface area contributed by atoms with Crippen molar-refractivity contribution in [2.75, 3.05) is 7.11 Å². The van der Waals surface area contributed by atoms with Gasteiger partial charge in [-0.25, -0.2) is 19.0 Å². The fourth-order valence-corrected chi connectivity index (χ4v) is 2.39. The van der Waals surface area contributed by atoms with Gasteiger partial charge >= 0.3 is 11.7 Å². The second kappa shape index (κ2) is 5.03. The van der Waals surface area contributed by atoms with Crippen LogP contribution < -0.4 is 10.4 Å². The molecule has 0 bridgehead atoms. The van der Waals surface area contributed by atoms with E-state index < -0.39 is 11.7 Å². The van der Waals surface area contributed by atoms with Gasteiger partial charge in [0.25, 0.3) is 0 Å². The predicted octanol–water partition coefficient (Wildman–Crippen LogP) is 1.50. The van der Waals surface area contributed by atoms with Gasteiger partial charge in [0.1, 0.15) is 11.4 Å². The van der Waals surface area contributed by atoms with Crippen LogP contribution in [0, 0.1) is 6.92 Å². The van der Waals surface area contributed by atoms with E-state index in [0.29, 0.717) is 22.6 Å². The predicted molar refractivity (Wildman–Crippen MR) is 79.0 cm³/mol. The molecular formula is C15H13N3O4. The van der Waals surface area contributed by atoms with Crippen molar-refractivity contribution in [1.82, 2.24) is 14.0 Å². The largest absolute Gasteiger partial charge is 0.495 e. The number of rotatable bonds is 3. The first-order valence-corrected chi connectivity index (χ1v) is 6.51. The van der Waals surface area contributed by atoms with Crippen LogP contribution in [0.2, 0.25) is 0 Å². The minimum absolute atomic E-state index is 0.174. The summed E-state index contributed by atoms with van der Waals surface area (Å²) in [5.41, 5.74) is 0.851. The zero-order chi connectivity index (χ0) is 15.9. The van der Waals surface area contributed by atoms with Crippen LogP contribution in [0.1, 0.15) is 16.1 Å². The summed E-state index contributed by atoms with van der Waals surface area (Å²) in [6, 6.07) is 7.02. The van der Waals surface area contributed by atoms with Gasteiger partial charge in [0.15, 0.2) is 5.69 Å². The molecule has 112 valence electrons. The Hall–Kier alpha value is -3.09. The number of aromatic carboxylic acids is 1. The highest BCUT2D eigenvalue weighted by Crippen LogP contribution is 2.21. The normalized spacial score (nSPS) is 10.8. The zero-order valence-corrected chi connectivity index (χ0v) is 12.0. The summed E-state index contributed by atoms with van der Waals surface area (Å²) in [5.74, 6) is -0.692. The Kier molecular flexibility index (Phi) is 3.17. The van der Waals surface area contributed by atoms with Crippen molar-refractivity contribution in [1.29, 1.82) is 0 Å². The first kappa shape index (κ1) is 13.9. The molecule has 1 N–H and O–H groups in total. The molecule has 0 atom stereocenters. The van der Waals surface area contributed by atoms with Crippen LogP contribution in [-0.2, 0) is 0 Å². The lowest BCUT2D eigenvalue weighted by Gasteiger charge is -2.12. The van der Waals surface area contributed by atoms with Gasteiger partial charge in [-0.2, -0.15) is 0 Å². The Morgan fingerprint density at radius 1 is 1.32 bits per heavy atom. The highest BCUT2D eigenvalue weighted by molar-refractivity contribution is 5.86. The van der Waals surface area contributed by atoms with Crippen molar-refractivity contribution >= 4 is 11.6 Å². The third-order valence-electron chi connectivity index (χ3n) is 3.40. The number of para-hydroxylation sites is 2. The number of methoxy groups -OCH3 is 1. The molecule has 7 heteroatoms. The number of carbonyl (C=O) groups is 1. The number of hydrogen-bond acceptors (Lipinski definition) is 4. The summed E-state index contributed by atoms with van der Waals surface area (Å²) in [6.07, 6.45) is 2.80. The average molecular weight is 299 g/mol. The van der Waals surface area contributed by atoms with Gasteiger partial charge in [-0.05, 0) is 19.1 Å². The van der Waals surface area contributed by atoms with Gasteiger partial charge in [-0.1, -0.05) is 12.1 Å². The van der Waals surface area contributed by atoms with E-state index >= 15 is 0 Å². The van der Waals surface area contributed by atoms with Crippen molar-refractivity contribution in [2.45, 2.75) is 6.92 Å². The molecule has 0 aliphatic rings. The summed E-state index contributed by atoms with van der Waals surface area (Å²) < 4.78 is 7.71. The molecule has 2 heterocycles. The molecule has 0 unspecified atom stereocenters. The first-order chi connectivity index (χ1) is 10.5. The second-order valence-electron chi connectivity index (χ2n) is 4.74. The SMILES string of the molecule is COc1ccccc1-n1cc(C)c2ncc(C(=O)O)n2c1=O. The molecule has 0 fully saturated rings. The summed E-state index contributed by atoms with van der Waals surface area (Å²) in [7, 11) is 1.51. The van der Waals surface area contributed by atoms with Gasteiger partial charge in [0.2, 0.25) is 0 Å². The Balaban J connectivity index is 2.41. The number of aryl methyl sites for hydroxylation is 1. The van der Waals surface area contributed by atoms with E-state index in [1.807, 2.05) is 0 Å². The number of imidazole rings is 1. The smallest absolute Gasteiger partial charge is 0.354 e. The van der Waals surface area contributed by atoms with Crippen LogP contribution in [0.15, 0.2) is 41.5 Å². The molecule has 0 aliphatic heterocycles. The van der Waals surface area contributed by atoms with E-state index in [9.17, 15) is 14.7 Å². The number of benzene rings is 1. The van der Waals surface area contributed by atoms with Crippen LogP contribution in [0.25, 0.3) is 11.3 Å². The van der Waals surface area contributed by atoms with Crippen molar-refractivity contribution in [2.24, 2.45) is 0 Å². The summed E-state index contributed by atoms with van der Waals surface area (Å²) in [5, 5.41) is 9.22. The van der Waals surface area contributed by atoms with E-state index in [0.717, 1.165) is 4.40 Å². The molecule has 0 saturated carbocycles. The molecule has 7 nitrogen and oxygen atoms in total. The minimum Gasteiger partial charge on any atom is -0.495 e. The molecular weight excluding hydrogens is 286 g/mol. The zero-order valence-electron chi connectivity index (χ0n) is 12.0. The summed E-state index contributed by atoms with van der Waals surface area (Å²) in [4.78, 5) is 28.0. The van der Waals surface area contributed by atoms with E-state index in [-0.39, 0.29) is 5.69 Å². The van der Waals surface area contributed by atoms with Crippen LogP contribution in [0.4, 0.5) is 0 Å². The monoisotopic (exact) mass is 299 g/mol. The molecule has 22 heavy (non-hydrogen) atoms. The van der Waals surface area contributed by atoms with E-state index in [1.54, 1.807) is 37.4 Å². The Bertz CT molecular complexity index is 940. The molecule has 0 aliphatic carbocycles. The second-order valence-corrected chi connectivity index (χ2v) is 4.74. The van der Waals surface area contributed by atoms with Crippen LogP contribution in [0.5, 0.6) is 5.75 Å². The minimum atomic E-state index is -1.21. The summed E-state index contributed by atoms with van der Waals surface area (Å²) in [6.45, 7) is 1.76. The fourth-order valence-electron chi connectivity index (χ4n) is 2.39. The topological polar surface area (TPSA) is 85.8 Å². The third kappa shape index (κ3) is 1.95. The lowest BCUT2D eigenvalue weighted by Crippen LogP contribution is -2.28. The quantitative estimate of drug-likeness (QED) is 0.792. The Labute approximate surface area is 125 Å². The maximum absolute atomic E-state index is 12.7. The summed E-state index contributed by atoms with van der Waals surface area (Å²) >= 11 is 0. The third-order valence-corrected chi connectivity index (χ3v) is 3.40. The number of carboxylic acid groups (broad SMARTS) is 1. The number of hydrogen-bond donors (Lipinski definition) is 1. The average Bonchev–Trinajstić information content (AvgIpc) is 2.97. The van der Waals surface area contributed by atoms with Gasteiger partial charge in [0.05, 0.1) is 19.0 Å². The van der Waals surface area contributed by atoms with Crippen LogP contribution >= 0.6 is 0 Å². The molecule has 0 amide bonds. The number of carboxylic acids is 1. The Morgan fingerprint density at radius 2 is 2.05 bits per heavy atom. The van der Waals surface area contributed by atoms with Gasteiger partial charge in [-0.3, -0.25) is 4.57 Å².